The first-order valence-electron chi connectivity index (χ1n) is 9.88. The van der Waals surface area contributed by atoms with E-state index in [0.717, 1.165) is 5.56 Å². The molecule has 1 atom stereocenters. The molecule has 3 aromatic rings. The van der Waals surface area contributed by atoms with Gasteiger partial charge in [-0.15, -0.1) is 0 Å². The maximum absolute atomic E-state index is 12.8. The number of aromatic nitrogens is 2. The number of amides is 1. The Morgan fingerprint density at radius 2 is 1.87 bits per heavy atom. The third kappa shape index (κ3) is 4.38. The average molecular weight is 425 g/mol. The van der Waals surface area contributed by atoms with Crippen LogP contribution in [-0.4, -0.2) is 24.1 Å². The van der Waals surface area contributed by atoms with Crippen LogP contribution in [0.25, 0.3) is 0 Å². The van der Waals surface area contributed by atoms with E-state index in [1.54, 1.807) is 36.5 Å². The summed E-state index contributed by atoms with van der Waals surface area (Å²) in [7, 11) is -3.82. The maximum atomic E-state index is 12.8. The van der Waals surface area contributed by atoms with Crippen LogP contribution in [0.4, 0.5) is 11.5 Å². The second-order valence-corrected chi connectivity index (χ2v) is 9.37. The van der Waals surface area contributed by atoms with Crippen LogP contribution in [0.2, 0.25) is 0 Å². The van der Waals surface area contributed by atoms with E-state index in [0.29, 0.717) is 17.4 Å². The Hall–Kier alpha value is -3.13. The van der Waals surface area contributed by atoms with Gasteiger partial charge in [0.25, 0.3) is 15.9 Å². The molecule has 1 aromatic heterocycles. The molecular formula is C22H24N4O3S. The molecule has 7 nitrogen and oxygen atoms in total. The summed E-state index contributed by atoms with van der Waals surface area (Å²) < 4.78 is 29.9. The molecular weight excluding hydrogens is 400 g/mol. The van der Waals surface area contributed by atoms with Crippen molar-refractivity contribution in [1.82, 2.24) is 9.78 Å². The number of hydrogen-bond donors (Lipinski definition) is 2. The number of sulfonamides is 1. The number of carbonyl (C=O) groups excluding carboxylic acids is 1. The third-order valence-electron chi connectivity index (χ3n) is 5.31. The lowest BCUT2D eigenvalue weighted by molar-refractivity contribution is 0.102. The summed E-state index contributed by atoms with van der Waals surface area (Å²) in [5.41, 5.74) is 1.76. The van der Waals surface area contributed by atoms with E-state index < -0.39 is 10.0 Å². The predicted octanol–water partition coefficient (Wildman–Crippen LogP) is 4.22. The van der Waals surface area contributed by atoms with Crippen LogP contribution in [0.3, 0.4) is 0 Å². The van der Waals surface area contributed by atoms with Crippen molar-refractivity contribution >= 4 is 27.4 Å². The number of benzene rings is 2. The van der Waals surface area contributed by atoms with Crippen molar-refractivity contribution in [2.75, 3.05) is 10.0 Å². The van der Waals surface area contributed by atoms with Crippen molar-refractivity contribution < 1.29 is 13.2 Å². The fourth-order valence-corrected chi connectivity index (χ4v) is 4.45. The Labute approximate surface area is 176 Å². The second-order valence-electron chi connectivity index (χ2n) is 7.69. The summed E-state index contributed by atoms with van der Waals surface area (Å²) in [6, 6.07) is 15.0. The molecule has 8 heteroatoms. The van der Waals surface area contributed by atoms with Crippen molar-refractivity contribution in [3.8, 4) is 0 Å². The Bertz CT molecular complexity index is 1170. The minimum atomic E-state index is -3.82. The molecule has 30 heavy (non-hydrogen) atoms. The first-order valence-corrected chi connectivity index (χ1v) is 11.4. The Morgan fingerprint density at radius 1 is 1.13 bits per heavy atom. The van der Waals surface area contributed by atoms with Gasteiger partial charge in [-0.1, -0.05) is 23.8 Å². The van der Waals surface area contributed by atoms with E-state index in [2.05, 4.69) is 22.1 Å². The fourth-order valence-electron chi connectivity index (χ4n) is 3.34. The van der Waals surface area contributed by atoms with Gasteiger partial charge in [0.1, 0.15) is 5.82 Å². The molecule has 1 fully saturated rings. The fraction of sp³-hybridized carbons (Fsp3) is 0.273. The zero-order valence-corrected chi connectivity index (χ0v) is 17.7. The average Bonchev–Trinajstić information content (AvgIpc) is 3.48. The number of carbonyl (C=O) groups is 1. The van der Waals surface area contributed by atoms with E-state index >= 15 is 0 Å². The van der Waals surface area contributed by atoms with Gasteiger partial charge in [-0.2, -0.15) is 5.10 Å². The van der Waals surface area contributed by atoms with Gasteiger partial charge < -0.3 is 5.32 Å². The van der Waals surface area contributed by atoms with Gasteiger partial charge >= 0.3 is 0 Å². The summed E-state index contributed by atoms with van der Waals surface area (Å²) in [5.74, 6) is 0.805. The highest BCUT2D eigenvalue weighted by atomic mass is 32.2. The summed E-state index contributed by atoms with van der Waals surface area (Å²) in [4.78, 5) is 12.8. The molecule has 1 unspecified atom stereocenters. The molecule has 4 rings (SSSR count). The zero-order valence-electron chi connectivity index (χ0n) is 16.9. The number of hydrogen-bond acceptors (Lipinski definition) is 4. The topological polar surface area (TPSA) is 93.1 Å². The van der Waals surface area contributed by atoms with Gasteiger partial charge in [0.15, 0.2) is 0 Å². The van der Waals surface area contributed by atoms with Crippen LogP contribution in [-0.2, 0) is 10.0 Å². The Kier molecular flexibility index (Phi) is 5.34. The van der Waals surface area contributed by atoms with E-state index in [9.17, 15) is 13.2 Å². The Balaban J connectivity index is 1.52. The summed E-state index contributed by atoms with van der Waals surface area (Å²) >= 11 is 0. The van der Waals surface area contributed by atoms with Crippen LogP contribution in [0.15, 0.2) is 65.7 Å². The summed E-state index contributed by atoms with van der Waals surface area (Å²) in [5, 5.41) is 7.18. The van der Waals surface area contributed by atoms with Gasteiger partial charge in [0, 0.05) is 17.3 Å². The molecule has 1 saturated carbocycles. The van der Waals surface area contributed by atoms with Gasteiger partial charge in [0.05, 0.1) is 17.1 Å². The summed E-state index contributed by atoms with van der Waals surface area (Å²) in [6.45, 7) is 4.02. The second kappa shape index (κ2) is 7.95. The highest BCUT2D eigenvalue weighted by molar-refractivity contribution is 7.92. The van der Waals surface area contributed by atoms with Crippen molar-refractivity contribution in [3.63, 3.8) is 0 Å². The molecule has 0 aliphatic heterocycles. The molecule has 2 N–H and O–H groups in total. The van der Waals surface area contributed by atoms with Crippen LogP contribution >= 0.6 is 0 Å². The molecule has 1 amide bonds. The van der Waals surface area contributed by atoms with Crippen molar-refractivity contribution in [3.05, 3.63) is 71.9 Å². The van der Waals surface area contributed by atoms with E-state index in [-0.39, 0.29) is 22.4 Å². The molecule has 0 bridgehead atoms. The standard InChI is InChI=1S/C22H24N4O3S/c1-15-6-10-19(11-7-15)25-30(28,29)20-5-3-4-18(14-20)22(27)24-21-12-13-23-26(21)16(2)17-8-9-17/h3-7,10-14,16-17,25H,8-9H2,1-2H3,(H,24,27). The molecule has 1 aliphatic rings. The van der Waals surface area contributed by atoms with Crippen LogP contribution < -0.4 is 10.0 Å². The van der Waals surface area contributed by atoms with Gasteiger partial charge in [0.2, 0.25) is 0 Å². The lowest BCUT2D eigenvalue weighted by atomic mass is 10.2. The first-order chi connectivity index (χ1) is 14.3. The van der Waals surface area contributed by atoms with Gasteiger partial charge in [-0.25, -0.2) is 13.1 Å². The molecule has 2 aromatic carbocycles. The number of rotatable bonds is 7. The molecule has 0 radical (unpaired) electrons. The minimum Gasteiger partial charge on any atom is -0.307 e. The van der Waals surface area contributed by atoms with Crippen LogP contribution in [0, 0.1) is 12.8 Å². The lowest BCUT2D eigenvalue weighted by Crippen LogP contribution is -2.19. The van der Waals surface area contributed by atoms with E-state index in [4.69, 9.17) is 0 Å². The highest BCUT2D eigenvalue weighted by Gasteiger charge is 2.31. The lowest BCUT2D eigenvalue weighted by Gasteiger charge is -2.15. The Morgan fingerprint density at radius 3 is 2.57 bits per heavy atom. The molecule has 1 aliphatic carbocycles. The molecule has 156 valence electrons. The molecule has 1 heterocycles. The van der Waals surface area contributed by atoms with Crippen molar-refractivity contribution in [1.29, 1.82) is 0 Å². The number of nitrogens with zero attached hydrogens (tertiary/aromatic N) is 2. The van der Waals surface area contributed by atoms with E-state index in [1.807, 2.05) is 23.7 Å². The molecule has 0 spiro atoms. The normalized spacial score (nSPS) is 14.9. The van der Waals surface area contributed by atoms with E-state index in [1.165, 1.54) is 25.0 Å². The van der Waals surface area contributed by atoms with Gasteiger partial charge in [-0.3, -0.25) is 9.52 Å². The third-order valence-corrected chi connectivity index (χ3v) is 6.69. The zero-order chi connectivity index (χ0) is 21.3. The van der Waals surface area contributed by atoms with Crippen molar-refractivity contribution in [2.24, 2.45) is 5.92 Å². The smallest absolute Gasteiger partial charge is 0.261 e. The first kappa shape index (κ1) is 20.2. The number of nitrogens with one attached hydrogen (secondary N) is 2. The number of anilines is 2. The van der Waals surface area contributed by atoms with Gasteiger partial charge in [-0.05, 0) is 62.9 Å². The van der Waals surface area contributed by atoms with Crippen molar-refractivity contribution in [2.45, 2.75) is 37.6 Å². The predicted molar refractivity (Wildman–Crippen MR) is 116 cm³/mol. The largest absolute Gasteiger partial charge is 0.307 e. The minimum absolute atomic E-state index is 0.0237. The SMILES string of the molecule is Cc1ccc(NS(=O)(=O)c2cccc(C(=O)Nc3ccnn3C(C)C3CC3)c2)cc1. The van der Waals surface area contributed by atoms with Crippen LogP contribution in [0.1, 0.15) is 41.7 Å². The van der Waals surface area contributed by atoms with Crippen LogP contribution in [0.5, 0.6) is 0 Å². The molecule has 0 saturated heterocycles. The monoisotopic (exact) mass is 424 g/mol. The quantitative estimate of drug-likeness (QED) is 0.594. The number of aryl methyl sites for hydroxylation is 1. The highest BCUT2D eigenvalue weighted by Crippen LogP contribution is 2.40. The maximum Gasteiger partial charge on any atom is 0.261 e. The summed E-state index contributed by atoms with van der Waals surface area (Å²) in [6.07, 6.45) is 3.99.